The Kier molecular flexibility index (Phi) is 5.09. The van der Waals surface area contributed by atoms with Crippen LogP contribution in [0.4, 0.5) is 0 Å². The minimum Gasteiger partial charge on any atom is -0.314 e. The number of benzene rings is 1. The fourth-order valence-corrected chi connectivity index (χ4v) is 2.23. The molecule has 1 rings (SSSR count). The summed E-state index contributed by atoms with van der Waals surface area (Å²) in [5, 5.41) is 3.29. The summed E-state index contributed by atoms with van der Waals surface area (Å²) in [4.78, 5) is 12.3. The summed E-state index contributed by atoms with van der Waals surface area (Å²) >= 11 is 0. The maximum absolute atomic E-state index is 12.3. The standard InChI is InChI=1S/C16H25NO/c1-10(2)17-8-7-15(18)16-13(5)11(3)9-12(4)14(16)6/h9-10,17H,7-8H2,1-6H3. The molecule has 2 heteroatoms. The summed E-state index contributed by atoms with van der Waals surface area (Å²) in [6.45, 7) is 13.2. The van der Waals surface area contributed by atoms with E-state index in [-0.39, 0.29) is 5.78 Å². The molecule has 1 N–H and O–H groups in total. The minimum absolute atomic E-state index is 0.255. The molecule has 0 atom stereocenters. The zero-order chi connectivity index (χ0) is 13.9. The van der Waals surface area contributed by atoms with Crippen LogP contribution in [0, 0.1) is 27.7 Å². The first-order chi connectivity index (χ1) is 8.34. The molecule has 0 fully saturated rings. The van der Waals surface area contributed by atoms with Crippen molar-refractivity contribution in [3.63, 3.8) is 0 Å². The lowest BCUT2D eigenvalue weighted by Crippen LogP contribution is -2.25. The first-order valence-electron chi connectivity index (χ1n) is 6.68. The number of hydrogen-bond donors (Lipinski definition) is 1. The summed E-state index contributed by atoms with van der Waals surface area (Å²) in [7, 11) is 0. The number of ketones is 1. The topological polar surface area (TPSA) is 29.1 Å². The summed E-state index contributed by atoms with van der Waals surface area (Å²) in [5.74, 6) is 0.255. The molecule has 0 saturated heterocycles. The molecule has 1 aromatic carbocycles. The van der Waals surface area contributed by atoms with E-state index in [0.29, 0.717) is 12.5 Å². The van der Waals surface area contributed by atoms with Crippen molar-refractivity contribution in [1.29, 1.82) is 0 Å². The van der Waals surface area contributed by atoms with E-state index in [1.54, 1.807) is 0 Å². The van der Waals surface area contributed by atoms with E-state index in [2.05, 4.69) is 39.1 Å². The Balaban J connectivity index is 2.92. The van der Waals surface area contributed by atoms with Gasteiger partial charge in [-0.25, -0.2) is 0 Å². The van der Waals surface area contributed by atoms with Gasteiger partial charge in [-0.15, -0.1) is 0 Å². The van der Waals surface area contributed by atoms with Gasteiger partial charge in [0.25, 0.3) is 0 Å². The lowest BCUT2D eigenvalue weighted by molar-refractivity contribution is 0.0980. The molecule has 0 radical (unpaired) electrons. The third-order valence-electron chi connectivity index (χ3n) is 3.55. The first kappa shape index (κ1) is 14.9. The van der Waals surface area contributed by atoms with E-state index in [1.807, 2.05) is 13.8 Å². The number of aryl methyl sites for hydroxylation is 2. The molecular formula is C16H25NO. The van der Waals surface area contributed by atoms with Crippen LogP contribution in [0.25, 0.3) is 0 Å². The van der Waals surface area contributed by atoms with Gasteiger partial charge in [0.1, 0.15) is 0 Å². The van der Waals surface area contributed by atoms with Crippen LogP contribution in [-0.2, 0) is 0 Å². The summed E-state index contributed by atoms with van der Waals surface area (Å²) in [6, 6.07) is 2.59. The molecule has 0 unspecified atom stereocenters. The Morgan fingerprint density at radius 2 is 1.61 bits per heavy atom. The van der Waals surface area contributed by atoms with Crippen LogP contribution in [0.15, 0.2) is 6.07 Å². The van der Waals surface area contributed by atoms with Crippen molar-refractivity contribution >= 4 is 5.78 Å². The molecule has 0 heterocycles. The number of hydrogen-bond acceptors (Lipinski definition) is 2. The zero-order valence-electron chi connectivity index (χ0n) is 12.5. The van der Waals surface area contributed by atoms with Gasteiger partial charge in [0.15, 0.2) is 5.78 Å². The van der Waals surface area contributed by atoms with Crippen LogP contribution in [0.1, 0.15) is 52.9 Å². The SMILES string of the molecule is Cc1cc(C)c(C)c(C(=O)CCNC(C)C)c1C. The van der Waals surface area contributed by atoms with E-state index in [1.165, 1.54) is 11.1 Å². The fourth-order valence-electron chi connectivity index (χ4n) is 2.23. The van der Waals surface area contributed by atoms with Gasteiger partial charge in [0, 0.05) is 24.6 Å². The molecular weight excluding hydrogens is 222 g/mol. The Hall–Kier alpha value is -1.15. The fraction of sp³-hybridized carbons (Fsp3) is 0.562. The van der Waals surface area contributed by atoms with E-state index >= 15 is 0 Å². The highest BCUT2D eigenvalue weighted by Crippen LogP contribution is 2.22. The van der Waals surface area contributed by atoms with Crippen LogP contribution < -0.4 is 5.32 Å². The number of nitrogens with one attached hydrogen (secondary N) is 1. The predicted molar refractivity (Wildman–Crippen MR) is 77.5 cm³/mol. The molecule has 100 valence electrons. The number of rotatable bonds is 5. The van der Waals surface area contributed by atoms with Gasteiger partial charge in [-0.2, -0.15) is 0 Å². The predicted octanol–water partition coefficient (Wildman–Crippen LogP) is 3.49. The molecule has 0 saturated carbocycles. The van der Waals surface area contributed by atoms with Crippen LogP contribution in [0.3, 0.4) is 0 Å². The first-order valence-corrected chi connectivity index (χ1v) is 6.68. The molecule has 2 nitrogen and oxygen atoms in total. The Morgan fingerprint density at radius 1 is 1.11 bits per heavy atom. The second-order valence-corrected chi connectivity index (χ2v) is 5.42. The van der Waals surface area contributed by atoms with Crippen molar-refractivity contribution in [3.05, 3.63) is 33.9 Å². The maximum atomic E-state index is 12.3. The van der Waals surface area contributed by atoms with Crippen molar-refractivity contribution in [2.45, 2.75) is 54.0 Å². The Labute approximate surface area is 111 Å². The third-order valence-corrected chi connectivity index (χ3v) is 3.55. The van der Waals surface area contributed by atoms with Gasteiger partial charge in [0.05, 0.1) is 0 Å². The molecule has 0 aliphatic heterocycles. The molecule has 0 aliphatic rings. The van der Waals surface area contributed by atoms with Crippen LogP contribution >= 0.6 is 0 Å². The second-order valence-electron chi connectivity index (χ2n) is 5.42. The highest BCUT2D eigenvalue weighted by Gasteiger charge is 2.15. The maximum Gasteiger partial charge on any atom is 0.164 e. The van der Waals surface area contributed by atoms with Crippen LogP contribution in [0.2, 0.25) is 0 Å². The van der Waals surface area contributed by atoms with Gasteiger partial charge < -0.3 is 5.32 Å². The Bertz CT molecular complexity index is 421. The lowest BCUT2D eigenvalue weighted by Gasteiger charge is -2.15. The minimum atomic E-state index is 0.255. The van der Waals surface area contributed by atoms with Gasteiger partial charge in [-0.1, -0.05) is 19.9 Å². The van der Waals surface area contributed by atoms with E-state index in [4.69, 9.17) is 0 Å². The lowest BCUT2D eigenvalue weighted by atomic mass is 9.91. The highest BCUT2D eigenvalue weighted by atomic mass is 16.1. The van der Waals surface area contributed by atoms with E-state index in [9.17, 15) is 4.79 Å². The van der Waals surface area contributed by atoms with Gasteiger partial charge in [-0.3, -0.25) is 4.79 Å². The van der Waals surface area contributed by atoms with E-state index < -0.39 is 0 Å². The molecule has 1 aromatic rings. The summed E-state index contributed by atoms with van der Waals surface area (Å²) in [5.41, 5.74) is 5.61. The normalized spacial score (nSPS) is 11.1. The average Bonchev–Trinajstić information content (AvgIpc) is 2.26. The number of carbonyl (C=O) groups excluding carboxylic acids is 1. The van der Waals surface area contributed by atoms with Crippen molar-refractivity contribution < 1.29 is 4.79 Å². The monoisotopic (exact) mass is 247 g/mol. The smallest absolute Gasteiger partial charge is 0.164 e. The van der Waals surface area contributed by atoms with Gasteiger partial charge >= 0.3 is 0 Å². The second kappa shape index (κ2) is 6.14. The molecule has 0 aromatic heterocycles. The van der Waals surface area contributed by atoms with Crippen molar-refractivity contribution in [2.75, 3.05) is 6.54 Å². The van der Waals surface area contributed by atoms with Crippen molar-refractivity contribution in [3.8, 4) is 0 Å². The molecule has 18 heavy (non-hydrogen) atoms. The quantitative estimate of drug-likeness (QED) is 0.807. The van der Waals surface area contributed by atoms with Crippen molar-refractivity contribution in [1.82, 2.24) is 5.32 Å². The van der Waals surface area contributed by atoms with Gasteiger partial charge in [0.2, 0.25) is 0 Å². The highest BCUT2D eigenvalue weighted by molar-refractivity contribution is 5.99. The average molecular weight is 247 g/mol. The molecule has 0 amide bonds. The molecule has 0 spiro atoms. The number of Topliss-reactive ketones (excluding diaryl/α,β-unsaturated/α-hetero) is 1. The van der Waals surface area contributed by atoms with E-state index in [0.717, 1.165) is 23.2 Å². The molecule has 0 bridgehead atoms. The van der Waals surface area contributed by atoms with Crippen LogP contribution in [-0.4, -0.2) is 18.4 Å². The summed E-state index contributed by atoms with van der Waals surface area (Å²) < 4.78 is 0. The van der Waals surface area contributed by atoms with Crippen molar-refractivity contribution in [2.24, 2.45) is 0 Å². The summed E-state index contributed by atoms with van der Waals surface area (Å²) in [6.07, 6.45) is 0.572. The largest absolute Gasteiger partial charge is 0.314 e. The van der Waals surface area contributed by atoms with Crippen LogP contribution in [0.5, 0.6) is 0 Å². The third kappa shape index (κ3) is 3.42. The molecule has 0 aliphatic carbocycles. The Morgan fingerprint density at radius 3 is 2.06 bits per heavy atom. The zero-order valence-corrected chi connectivity index (χ0v) is 12.5. The number of carbonyl (C=O) groups is 1. The van der Waals surface area contributed by atoms with Gasteiger partial charge in [-0.05, 0) is 49.9 Å².